The number of hydrogen-bond acceptors (Lipinski definition) is 5. The molecule has 6 heteroatoms. The SMILES string of the molecule is Nc1ncccc1C(=O)C1CCS(=O)(=O)C1. The number of nitrogen functional groups attached to an aromatic ring is 1. The van der Waals surface area contributed by atoms with E-state index in [1.54, 1.807) is 12.1 Å². The van der Waals surface area contributed by atoms with Crippen molar-refractivity contribution in [2.75, 3.05) is 17.2 Å². The van der Waals surface area contributed by atoms with Crippen molar-refractivity contribution < 1.29 is 13.2 Å². The minimum absolute atomic E-state index is 0.0693. The van der Waals surface area contributed by atoms with Gasteiger partial charge in [0.25, 0.3) is 0 Å². The molecule has 0 aromatic carbocycles. The van der Waals surface area contributed by atoms with Crippen LogP contribution < -0.4 is 5.73 Å². The molecule has 0 spiro atoms. The Morgan fingerprint density at radius 1 is 1.50 bits per heavy atom. The normalized spacial score (nSPS) is 23.1. The second kappa shape index (κ2) is 3.86. The van der Waals surface area contributed by atoms with Crippen molar-refractivity contribution in [2.45, 2.75) is 6.42 Å². The van der Waals surface area contributed by atoms with Crippen LogP contribution in [0, 0.1) is 5.92 Å². The van der Waals surface area contributed by atoms with Crippen LogP contribution in [-0.4, -0.2) is 30.7 Å². The maximum atomic E-state index is 12.0. The van der Waals surface area contributed by atoms with E-state index in [4.69, 9.17) is 5.73 Å². The highest BCUT2D eigenvalue weighted by Crippen LogP contribution is 2.24. The molecule has 0 saturated carbocycles. The van der Waals surface area contributed by atoms with Gasteiger partial charge in [-0.2, -0.15) is 0 Å². The molecule has 0 amide bonds. The quantitative estimate of drug-likeness (QED) is 0.750. The van der Waals surface area contributed by atoms with Crippen LogP contribution in [0.1, 0.15) is 16.8 Å². The standard InChI is InChI=1S/C10H12N2O3S/c11-10-8(2-1-4-12-10)9(13)7-3-5-16(14,15)6-7/h1-2,4,7H,3,5-6H2,(H2,11,12). The molecule has 5 nitrogen and oxygen atoms in total. The summed E-state index contributed by atoms with van der Waals surface area (Å²) in [4.78, 5) is 15.8. The number of carbonyl (C=O) groups excluding carboxylic acids is 1. The van der Waals surface area contributed by atoms with Gasteiger partial charge in [0, 0.05) is 12.1 Å². The molecule has 2 heterocycles. The third-order valence-electron chi connectivity index (χ3n) is 2.71. The Morgan fingerprint density at radius 2 is 2.25 bits per heavy atom. The van der Waals surface area contributed by atoms with Gasteiger partial charge < -0.3 is 5.73 Å². The molecular formula is C10H12N2O3S. The maximum absolute atomic E-state index is 12.0. The predicted octanol–water partition coefficient (Wildman–Crippen LogP) is 0.281. The first-order chi connectivity index (χ1) is 7.49. The van der Waals surface area contributed by atoms with E-state index in [2.05, 4.69) is 4.98 Å². The van der Waals surface area contributed by atoms with Gasteiger partial charge in [0.2, 0.25) is 0 Å². The van der Waals surface area contributed by atoms with Crippen molar-refractivity contribution in [1.29, 1.82) is 0 Å². The Hall–Kier alpha value is -1.43. The Balaban J connectivity index is 2.25. The molecule has 2 N–H and O–H groups in total. The summed E-state index contributed by atoms with van der Waals surface area (Å²) < 4.78 is 22.5. The van der Waals surface area contributed by atoms with E-state index in [1.165, 1.54) is 6.20 Å². The monoisotopic (exact) mass is 240 g/mol. The number of sulfone groups is 1. The highest BCUT2D eigenvalue weighted by atomic mass is 32.2. The van der Waals surface area contributed by atoms with Crippen LogP contribution in [-0.2, 0) is 9.84 Å². The van der Waals surface area contributed by atoms with Crippen LogP contribution in [0.2, 0.25) is 0 Å². The van der Waals surface area contributed by atoms with E-state index in [0.29, 0.717) is 12.0 Å². The van der Waals surface area contributed by atoms with E-state index in [-0.39, 0.29) is 23.1 Å². The molecule has 16 heavy (non-hydrogen) atoms. The van der Waals surface area contributed by atoms with Crippen LogP contribution >= 0.6 is 0 Å². The van der Waals surface area contributed by atoms with E-state index >= 15 is 0 Å². The summed E-state index contributed by atoms with van der Waals surface area (Å²) in [6.07, 6.45) is 1.88. The van der Waals surface area contributed by atoms with Gasteiger partial charge in [-0.25, -0.2) is 13.4 Å². The zero-order chi connectivity index (χ0) is 11.8. The molecule has 1 fully saturated rings. The lowest BCUT2D eigenvalue weighted by molar-refractivity contribution is 0.0934. The third-order valence-corrected chi connectivity index (χ3v) is 4.48. The minimum Gasteiger partial charge on any atom is -0.383 e. The highest BCUT2D eigenvalue weighted by Gasteiger charge is 2.34. The molecule has 1 aromatic rings. The molecule has 1 saturated heterocycles. The maximum Gasteiger partial charge on any atom is 0.170 e. The van der Waals surface area contributed by atoms with Gasteiger partial charge in [-0.3, -0.25) is 4.79 Å². The Bertz CT molecular complexity index is 525. The average Bonchev–Trinajstić information content (AvgIpc) is 2.59. The van der Waals surface area contributed by atoms with Crippen molar-refractivity contribution in [2.24, 2.45) is 5.92 Å². The number of hydrogen-bond donors (Lipinski definition) is 1. The number of nitrogens with zero attached hydrogens (tertiary/aromatic N) is 1. The molecule has 1 unspecified atom stereocenters. The first-order valence-corrected chi connectivity index (χ1v) is 6.77. The smallest absolute Gasteiger partial charge is 0.170 e. The topological polar surface area (TPSA) is 90.1 Å². The lowest BCUT2D eigenvalue weighted by Crippen LogP contribution is -2.18. The van der Waals surface area contributed by atoms with Crippen LogP contribution in [0.4, 0.5) is 5.82 Å². The van der Waals surface area contributed by atoms with Crippen molar-refractivity contribution >= 4 is 21.4 Å². The zero-order valence-corrected chi connectivity index (χ0v) is 9.40. The van der Waals surface area contributed by atoms with Crippen molar-refractivity contribution in [1.82, 2.24) is 4.98 Å². The Labute approximate surface area is 93.6 Å². The molecule has 1 aromatic heterocycles. The first kappa shape index (κ1) is 11.1. The average molecular weight is 240 g/mol. The fraction of sp³-hybridized carbons (Fsp3) is 0.400. The van der Waals surface area contributed by atoms with Gasteiger partial charge in [-0.15, -0.1) is 0 Å². The lowest BCUT2D eigenvalue weighted by atomic mass is 9.98. The number of rotatable bonds is 2. The molecule has 1 aliphatic heterocycles. The Kier molecular flexibility index (Phi) is 2.67. The summed E-state index contributed by atoms with van der Waals surface area (Å²) in [5.41, 5.74) is 5.90. The predicted molar refractivity (Wildman–Crippen MR) is 59.7 cm³/mol. The number of anilines is 1. The summed E-state index contributed by atoms with van der Waals surface area (Å²) >= 11 is 0. The van der Waals surface area contributed by atoms with Gasteiger partial charge in [-0.1, -0.05) is 0 Å². The van der Waals surface area contributed by atoms with Crippen LogP contribution in [0.5, 0.6) is 0 Å². The molecule has 86 valence electrons. The van der Waals surface area contributed by atoms with Gasteiger partial charge in [-0.05, 0) is 18.6 Å². The summed E-state index contributed by atoms with van der Waals surface area (Å²) in [5, 5.41) is 0. The summed E-state index contributed by atoms with van der Waals surface area (Å²) in [5.74, 6) is -0.496. The van der Waals surface area contributed by atoms with Gasteiger partial charge in [0.05, 0.1) is 17.1 Å². The lowest BCUT2D eigenvalue weighted by Gasteiger charge is -2.07. The third kappa shape index (κ3) is 2.06. The number of Topliss-reactive ketones (excluding diaryl/α,β-unsaturated/α-hetero) is 1. The second-order valence-electron chi connectivity index (χ2n) is 3.90. The van der Waals surface area contributed by atoms with Gasteiger partial charge >= 0.3 is 0 Å². The minimum atomic E-state index is -3.04. The van der Waals surface area contributed by atoms with Crippen LogP contribution in [0.25, 0.3) is 0 Å². The van der Waals surface area contributed by atoms with E-state index in [1.807, 2.05) is 0 Å². The Morgan fingerprint density at radius 3 is 2.81 bits per heavy atom. The number of pyridine rings is 1. The molecule has 0 radical (unpaired) electrons. The highest BCUT2D eigenvalue weighted by molar-refractivity contribution is 7.91. The van der Waals surface area contributed by atoms with Crippen LogP contribution in [0.3, 0.4) is 0 Å². The molecule has 1 atom stereocenters. The molecule has 2 rings (SSSR count). The van der Waals surface area contributed by atoms with Crippen molar-refractivity contribution in [3.63, 3.8) is 0 Å². The first-order valence-electron chi connectivity index (χ1n) is 4.95. The zero-order valence-electron chi connectivity index (χ0n) is 8.59. The number of carbonyl (C=O) groups is 1. The molecule has 0 bridgehead atoms. The molecule has 0 aliphatic carbocycles. The van der Waals surface area contributed by atoms with Crippen molar-refractivity contribution in [3.8, 4) is 0 Å². The number of ketones is 1. The fourth-order valence-electron chi connectivity index (χ4n) is 1.85. The summed E-state index contributed by atoms with van der Waals surface area (Å²) in [7, 11) is -3.04. The largest absolute Gasteiger partial charge is 0.383 e. The summed E-state index contributed by atoms with van der Waals surface area (Å²) in [6.45, 7) is 0. The van der Waals surface area contributed by atoms with Gasteiger partial charge in [0.15, 0.2) is 15.6 Å². The summed E-state index contributed by atoms with van der Waals surface area (Å²) in [6, 6.07) is 3.20. The van der Waals surface area contributed by atoms with Crippen molar-refractivity contribution in [3.05, 3.63) is 23.9 Å². The van der Waals surface area contributed by atoms with E-state index < -0.39 is 15.8 Å². The van der Waals surface area contributed by atoms with E-state index in [0.717, 1.165) is 0 Å². The fourth-order valence-corrected chi connectivity index (χ4v) is 3.59. The number of aromatic nitrogens is 1. The molecule has 1 aliphatic rings. The van der Waals surface area contributed by atoms with E-state index in [9.17, 15) is 13.2 Å². The van der Waals surface area contributed by atoms with Crippen LogP contribution in [0.15, 0.2) is 18.3 Å². The molecular weight excluding hydrogens is 228 g/mol. The second-order valence-corrected chi connectivity index (χ2v) is 6.13. The van der Waals surface area contributed by atoms with Gasteiger partial charge in [0.1, 0.15) is 5.82 Å². The number of nitrogens with two attached hydrogens (primary N) is 1.